The highest BCUT2D eigenvalue weighted by molar-refractivity contribution is 7.11. The van der Waals surface area contributed by atoms with Gasteiger partial charge in [0.05, 0.1) is 0 Å². The van der Waals surface area contributed by atoms with E-state index in [1.807, 2.05) is 6.92 Å². The van der Waals surface area contributed by atoms with Crippen molar-refractivity contribution >= 4 is 22.5 Å². The molecule has 0 aromatic carbocycles. The third-order valence-electron chi connectivity index (χ3n) is 5.65. The molecular formula is C17H20N6O2S. The topological polar surface area (TPSA) is 98.6 Å². The zero-order valence-electron chi connectivity index (χ0n) is 14.5. The molecule has 5 rings (SSSR count). The summed E-state index contributed by atoms with van der Waals surface area (Å²) in [5.41, 5.74) is 2.34. The molecule has 9 heteroatoms. The zero-order valence-corrected chi connectivity index (χ0v) is 15.3. The molecule has 0 saturated heterocycles. The molecule has 0 spiro atoms. The van der Waals surface area contributed by atoms with Crippen LogP contribution >= 0.6 is 11.3 Å². The Labute approximate surface area is 153 Å². The highest BCUT2D eigenvalue weighted by Gasteiger charge is 2.41. The Morgan fingerprint density at radius 2 is 2.27 bits per heavy atom. The zero-order chi connectivity index (χ0) is 17.7. The van der Waals surface area contributed by atoms with Crippen molar-refractivity contribution in [2.24, 2.45) is 11.8 Å². The quantitative estimate of drug-likeness (QED) is 0.739. The van der Waals surface area contributed by atoms with Crippen molar-refractivity contribution < 1.29 is 4.74 Å². The van der Waals surface area contributed by atoms with E-state index in [4.69, 9.17) is 4.74 Å². The van der Waals surface area contributed by atoms with E-state index in [9.17, 15) is 4.79 Å². The first-order chi connectivity index (χ1) is 12.7. The van der Waals surface area contributed by atoms with Crippen LogP contribution in [0.5, 0.6) is 11.2 Å². The minimum atomic E-state index is -0.140. The van der Waals surface area contributed by atoms with E-state index in [0.717, 1.165) is 18.2 Å². The van der Waals surface area contributed by atoms with E-state index in [-0.39, 0.29) is 11.6 Å². The fraction of sp³-hybridized carbons (Fsp3) is 0.588. The first-order valence-corrected chi connectivity index (χ1v) is 10.1. The van der Waals surface area contributed by atoms with Crippen LogP contribution in [-0.4, -0.2) is 29.7 Å². The van der Waals surface area contributed by atoms with Crippen LogP contribution in [0.15, 0.2) is 10.3 Å². The molecule has 2 bridgehead atoms. The number of aromatic amines is 1. The van der Waals surface area contributed by atoms with Gasteiger partial charge in [-0.1, -0.05) is 29.8 Å². The van der Waals surface area contributed by atoms with Crippen LogP contribution in [0.25, 0.3) is 11.2 Å². The van der Waals surface area contributed by atoms with E-state index in [2.05, 4.69) is 25.1 Å². The van der Waals surface area contributed by atoms with Crippen LogP contribution in [0.4, 0.5) is 0 Å². The molecule has 2 fully saturated rings. The summed E-state index contributed by atoms with van der Waals surface area (Å²) in [5, 5.41) is 8.01. The van der Waals surface area contributed by atoms with Crippen molar-refractivity contribution in [3.05, 3.63) is 21.7 Å². The van der Waals surface area contributed by atoms with Crippen LogP contribution in [0.3, 0.4) is 0 Å². The van der Waals surface area contributed by atoms with Crippen molar-refractivity contribution in [1.82, 2.24) is 29.7 Å². The van der Waals surface area contributed by atoms with Gasteiger partial charge in [0.15, 0.2) is 11.2 Å². The number of nitrogens with zero attached hydrogens (tertiary/aromatic N) is 5. The summed E-state index contributed by atoms with van der Waals surface area (Å²) in [6.07, 6.45) is 5.86. The van der Waals surface area contributed by atoms with Gasteiger partial charge in [0, 0.05) is 12.5 Å². The Morgan fingerprint density at radius 1 is 1.35 bits per heavy atom. The number of aromatic nitrogens is 6. The number of rotatable bonds is 5. The van der Waals surface area contributed by atoms with Gasteiger partial charge in [0.1, 0.15) is 11.3 Å². The first kappa shape index (κ1) is 15.9. The van der Waals surface area contributed by atoms with Gasteiger partial charge in [0.2, 0.25) is 0 Å². The maximum absolute atomic E-state index is 13.0. The number of ether oxygens (including phenoxy) is 1. The van der Waals surface area contributed by atoms with Gasteiger partial charge in [-0.3, -0.25) is 9.36 Å². The van der Waals surface area contributed by atoms with Crippen LogP contribution in [0.2, 0.25) is 0 Å². The van der Waals surface area contributed by atoms with E-state index in [0.29, 0.717) is 34.7 Å². The van der Waals surface area contributed by atoms with Gasteiger partial charge in [-0.05, 0) is 37.5 Å². The Bertz CT molecular complexity index is 995. The molecule has 2 aliphatic rings. The van der Waals surface area contributed by atoms with Crippen molar-refractivity contribution in [3.63, 3.8) is 0 Å². The van der Waals surface area contributed by atoms with Crippen LogP contribution in [0.1, 0.15) is 50.8 Å². The first-order valence-electron chi connectivity index (χ1n) is 9.17. The number of hydrogen-bond acceptors (Lipinski definition) is 7. The fourth-order valence-electron chi connectivity index (χ4n) is 4.52. The molecule has 26 heavy (non-hydrogen) atoms. The van der Waals surface area contributed by atoms with Crippen LogP contribution in [0, 0.1) is 11.8 Å². The van der Waals surface area contributed by atoms with Gasteiger partial charge in [-0.25, -0.2) is 4.98 Å². The average Bonchev–Trinajstić information content (AvgIpc) is 3.41. The van der Waals surface area contributed by atoms with Crippen LogP contribution < -0.4 is 10.3 Å². The summed E-state index contributed by atoms with van der Waals surface area (Å²) in [4.78, 5) is 25.5. The molecule has 2 saturated carbocycles. The van der Waals surface area contributed by atoms with E-state index in [1.165, 1.54) is 37.0 Å². The lowest BCUT2D eigenvalue weighted by molar-refractivity contribution is 0.393. The molecule has 0 amide bonds. The molecule has 0 radical (unpaired) electrons. The summed E-state index contributed by atoms with van der Waals surface area (Å²) in [5.74, 6) is 2.84. The van der Waals surface area contributed by atoms with Gasteiger partial charge < -0.3 is 9.72 Å². The van der Waals surface area contributed by atoms with E-state index in [1.54, 1.807) is 10.1 Å². The molecule has 0 aliphatic heterocycles. The number of fused-ring (bicyclic) bond motifs is 3. The summed E-state index contributed by atoms with van der Waals surface area (Å²) in [7, 11) is 0. The Hall–Kier alpha value is -2.29. The standard InChI is InChI=1S/C17H20N6O2S/c1-2-5-23-15(24)12-14(21-16(23)25-17-22-18-8-26-17)20-13(19-12)11-7-9-3-4-10(11)6-9/h8-11H,2-7H2,1H3,(H,19,20). The summed E-state index contributed by atoms with van der Waals surface area (Å²) in [6.45, 7) is 2.54. The predicted octanol–water partition coefficient (Wildman–Crippen LogP) is 3.08. The lowest BCUT2D eigenvalue weighted by Crippen LogP contribution is -2.23. The maximum atomic E-state index is 13.0. The van der Waals surface area contributed by atoms with Gasteiger partial charge >= 0.3 is 11.2 Å². The summed E-state index contributed by atoms with van der Waals surface area (Å²) >= 11 is 1.26. The van der Waals surface area contributed by atoms with Gasteiger partial charge in [-0.2, -0.15) is 4.98 Å². The predicted molar refractivity (Wildman–Crippen MR) is 96.6 cm³/mol. The maximum Gasteiger partial charge on any atom is 0.308 e. The Morgan fingerprint density at radius 3 is 2.96 bits per heavy atom. The lowest BCUT2D eigenvalue weighted by atomic mass is 9.88. The number of H-pyrrole nitrogens is 1. The highest BCUT2D eigenvalue weighted by Crippen LogP contribution is 2.52. The largest absolute Gasteiger partial charge is 0.395 e. The van der Waals surface area contributed by atoms with Crippen LogP contribution in [-0.2, 0) is 6.54 Å². The monoisotopic (exact) mass is 372 g/mol. The van der Waals surface area contributed by atoms with Gasteiger partial charge in [0.25, 0.3) is 5.56 Å². The summed E-state index contributed by atoms with van der Waals surface area (Å²) < 4.78 is 7.27. The second kappa shape index (κ2) is 6.15. The molecule has 3 heterocycles. The molecule has 3 aromatic heterocycles. The van der Waals surface area contributed by atoms with Crippen molar-refractivity contribution in [2.45, 2.75) is 51.5 Å². The third kappa shape index (κ3) is 2.53. The summed E-state index contributed by atoms with van der Waals surface area (Å²) in [6, 6.07) is 0.229. The van der Waals surface area contributed by atoms with Crippen molar-refractivity contribution in [2.75, 3.05) is 0 Å². The minimum absolute atomic E-state index is 0.140. The molecule has 8 nitrogen and oxygen atoms in total. The van der Waals surface area contributed by atoms with E-state index < -0.39 is 0 Å². The number of hydrogen-bond donors (Lipinski definition) is 1. The highest BCUT2D eigenvalue weighted by atomic mass is 32.1. The second-order valence-corrected chi connectivity index (χ2v) is 8.06. The smallest absolute Gasteiger partial charge is 0.308 e. The van der Waals surface area contributed by atoms with Crippen molar-refractivity contribution in [3.8, 4) is 11.2 Å². The average molecular weight is 372 g/mol. The molecule has 3 aromatic rings. The van der Waals surface area contributed by atoms with Crippen molar-refractivity contribution in [1.29, 1.82) is 0 Å². The molecule has 2 aliphatic carbocycles. The lowest BCUT2D eigenvalue weighted by Gasteiger charge is -2.18. The third-order valence-corrected chi connectivity index (χ3v) is 6.22. The molecule has 3 atom stereocenters. The molecule has 1 N–H and O–H groups in total. The SMILES string of the molecule is CCCn1c(Oc2nncs2)nc2nc(C3CC4CCC3C4)[nH]c2c1=O. The fourth-order valence-corrected chi connectivity index (χ4v) is 4.93. The molecular weight excluding hydrogens is 352 g/mol. The minimum Gasteiger partial charge on any atom is -0.395 e. The van der Waals surface area contributed by atoms with Gasteiger partial charge in [-0.15, -0.1) is 5.10 Å². The normalized spacial score (nSPS) is 24.6. The Balaban J connectivity index is 1.58. The number of imidazole rings is 1. The molecule has 3 unspecified atom stereocenters. The van der Waals surface area contributed by atoms with E-state index >= 15 is 0 Å². The Kier molecular flexibility index (Phi) is 3.77. The molecule has 136 valence electrons. The second-order valence-electron chi connectivity index (χ2n) is 7.26. The number of nitrogens with one attached hydrogen (secondary N) is 1.